The Hall–Kier alpha value is 0.160. The SMILES string of the molecule is CC(C)C1(OC(=O)C(I)C2CN2)C2CC3CC(C2)C1C3. The first-order valence-corrected chi connectivity index (χ1v) is 9.37. The van der Waals surface area contributed by atoms with Gasteiger partial charge in [0, 0.05) is 18.5 Å². The van der Waals surface area contributed by atoms with E-state index in [4.69, 9.17) is 4.74 Å². The zero-order chi connectivity index (χ0) is 14.1. The van der Waals surface area contributed by atoms with E-state index in [1.54, 1.807) is 0 Å². The molecule has 20 heavy (non-hydrogen) atoms. The zero-order valence-electron chi connectivity index (χ0n) is 12.3. The lowest BCUT2D eigenvalue weighted by Crippen LogP contribution is -2.52. The van der Waals surface area contributed by atoms with E-state index < -0.39 is 0 Å². The second kappa shape index (κ2) is 4.58. The Kier molecular flexibility index (Phi) is 3.16. The van der Waals surface area contributed by atoms with Crippen molar-refractivity contribution in [2.45, 2.75) is 55.1 Å². The third-order valence-electron chi connectivity index (χ3n) is 6.41. The number of hydrogen-bond donors (Lipinski definition) is 1. The number of esters is 1. The highest BCUT2D eigenvalue weighted by Gasteiger charge is 2.66. The fourth-order valence-corrected chi connectivity index (χ4v) is 6.26. The van der Waals surface area contributed by atoms with Crippen LogP contribution in [0, 0.1) is 29.6 Å². The minimum absolute atomic E-state index is 0.0143. The van der Waals surface area contributed by atoms with E-state index in [0.29, 0.717) is 23.8 Å². The van der Waals surface area contributed by atoms with E-state index in [1.807, 2.05) is 0 Å². The van der Waals surface area contributed by atoms with Gasteiger partial charge in [0.2, 0.25) is 0 Å². The molecule has 4 aliphatic carbocycles. The molecule has 112 valence electrons. The third-order valence-corrected chi connectivity index (χ3v) is 7.79. The van der Waals surface area contributed by atoms with Crippen LogP contribution in [-0.4, -0.2) is 28.1 Å². The lowest BCUT2D eigenvalue weighted by atomic mass is 9.67. The molecule has 5 fully saturated rings. The van der Waals surface area contributed by atoms with Crippen LogP contribution in [0.4, 0.5) is 0 Å². The van der Waals surface area contributed by atoms with Gasteiger partial charge in [-0.3, -0.25) is 4.79 Å². The van der Waals surface area contributed by atoms with Crippen LogP contribution in [0.2, 0.25) is 0 Å². The molecular formula is C16H24INO2. The molecule has 0 aromatic heterocycles. The summed E-state index contributed by atoms with van der Waals surface area (Å²) in [5, 5.41) is 3.24. The monoisotopic (exact) mass is 389 g/mol. The van der Waals surface area contributed by atoms with Crippen molar-refractivity contribution in [2.75, 3.05) is 6.54 Å². The molecule has 5 rings (SSSR count). The van der Waals surface area contributed by atoms with Gasteiger partial charge in [-0.05, 0) is 49.4 Å². The van der Waals surface area contributed by atoms with Crippen molar-refractivity contribution in [3.05, 3.63) is 0 Å². The molecule has 1 saturated heterocycles. The smallest absolute Gasteiger partial charge is 0.321 e. The van der Waals surface area contributed by atoms with E-state index in [0.717, 1.165) is 18.4 Å². The summed E-state index contributed by atoms with van der Waals surface area (Å²) in [6.07, 6.45) is 5.30. The molecule has 7 atom stereocenters. The highest BCUT2D eigenvalue weighted by Crippen LogP contribution is 2.66. The van der Waals surface area contributed by atoms with Crippen LogP contribution in [0.5, 0.6) is 0 Å². The van der Waals surface area contributed by atoms with Crippen molar-refractivity contribution in [1.82, 2.24) is 5.32 Å². The molecule has 0 aromatic rings. The Morgan fingerprint density at radius 1 is 1.30 bits per heavy atom. The maximum absolute atomic E-state index is 12.6. The summed E-state index contributed by atoms with van der Waals surface area (Å²) in [6, 6.07) is 0.349. The lowest BCUT2D eigenvalue weighted by Gasteiger charge is -2.47. The number of ether oxygens (including phenoxy) is 1. The van der Waals surface area contributed by atoms with Crippen molar-refractivity contribution < 1.29 is 9.53 Å². The minimum Gasteiger partial charge on any atom is -0.457 e. The molecule has 1 heterocycles. The van der Waals surface area contributed by atoms with Crippen molar-refractivity contribution in [1.29, 1.82) is 0 Å². The van der Waals surface area contributed by atoms with Crippen LogP contribution in [0.1, 0.15) is 39.5 Å². The molecule has 5 aliphatic rings. The van der Waals surface area contributed by atoms with Crippen molar-refractivity contribution >= 4 is 28.6 Å². The molecule has 0 amide bonds. The van der Waals surface area contributed by atoms with Gasteiger partial charge in [0.15, 0.2) is 0 Å². The predicted molar refractivity (Wildman–Crippen MR) is 85.7 cm³/mol. The van der Waals surface area contributed by atoms with E-state index >= 15 is 0 Å². The highest BCUT2D eigenvalue weighted by atomic mass is 127. The summed E-state index contributed by atoms with van der Waals surface area (Å²) in [6.45, 7) is 5.49. The standard InChI is InChI=1S/C16H24INO2/c1-8(2)16(20-15(19)14(17)13-7-18-13)11-4-9-3-10(6-11)12(16)5-9/h8-14,18H,3-7H2,1-2H3. The summed E-state index contributed by atoms with van der Waals surface area (Å²) >= 11 is 2.26. The number of rotatable bonds is 4. The molecule has 4 bridgehead atoms. The van der Waals surface area contributed by atoms with Gasteiger partial charge in [0.25, 0.3) is 0 Å². The third kappa shape index (κ3) is 1.82. The first-order chi connectivity index (χ1) is 9.52. The highest BCUT2D eigenvalue weighted by molar-refractivity contribution is 14.1. The largest absolute Gasteiger partial charge is 0.457 e. The number of hydrogen-bond acceptors (Lipinski definition) is 3. The van der Waals surface area contributed by atoms with Gasteiger partial charge in [-0.15, -0.1) is 0 Å². The second-order valence-electron chi connectivity index (χ2n) is 7.72. The maximum atomic E-state index is 12.6. The molecule has 7 unspecified atom stereocenters. The van der Waals surface area contributed by atoms with E-state index in [9.17, 15) is 4.79 Å². The average Bonchev–Trinajstić information content (AvgIpc) is 3.17. The van der Waals surface area contributed by atoms with Crippen LogP contribution in [0.15, 0.2) is 0 Å². The average molecular weight is 389 g/mol. The molecule has 4 heteroatoms. The van der Waals surface area contributed by atoms with Crippen LogP contribution < -0.4 is 5.32 Å². The summed E-state index contributed by atoms with van der Waals surface area (Å²) in [5.74, 6) is 3.51. The summed E-state index contributed by atoms with van der Waals surface area (Å²) in [4.78, 5) is 12.6. The summed E-state index contributed by atoms with van der Waals surface area (Å²) in [7, 11) is 0. The van der Waals surface area contributed by atoms with Crippen LogP contribution in [0.3, 0.4) is 0 Å². The second-order valence-corrected chi connectivity index (χ2v) is 9.06. The fraction of sp³-hybridized carbons (Fsp3) is 0.938. The number of carbonyl (C=O) groups is 1. The van der Waals surface area contributed by atoms with Gasteiger partial charge in [-0.2, -0.15) is 0 Å². The summed E-state index contributed by atoms with van der Waals surface area (Å²) < 4.78 is 6.29. The van der Waals surface area contributed by atoms with Crippen LogP contribution in [0.25, 0.3) is 0 Å². The van der Waals surface area contributed by atoms with Gasteiger partial charge in [-0.25, -0.2) is 0 Å². The summed E-state index contributed by atoms with van der Waals surface area (Å²) in [5.41, 5.74) is -0.146. The lowest BCUT2D eigenvalue weighted by molar-refractivity contribution is -0.182. The number of halogens is 1. The van der Waals surface area contributed by atoms with Crippen LogP contribution >= 0.6 is 22.6 Å². The van der Waals surface area contributed by atoms with E-state index in [-0.39, 0.29) is 15.5 Å². The Morgan fingerprint density at radius 2 is 2.05 bits per heavy atom. The quantitative estimate of drug-likeness (QED) is 0.348. The number of alkyl halides is 1. The maximum Gasteiger partial charge on any atom is 0.321 e. The van der Waals surface area contributed by atoms with Gasteiger partial charge >= 0.3 is 5.97 Å². The van der Waals surface area contributed by atoms with Crippen molar-refractivity contribution in [3.8, 4) is 0 Å². The molecule has 0 radical (unpaired) electrons. The Morgan fingerprint density at radius 3 is 2.65 bits per heavy atom. The first kappa shape index (κ1) is 13.8. The molecule has 4 saturated carbocycles. The normalized spacial score (nSPS) is 49.7. The molecule has 3 nitrogen and oxygen atoms in total. The van der Waals surface area contributed by atoms with Gasteiger partial charge in [-0.1, -0.05) is 36.4 Å². The molecule has 1 N–H and O–H groups in total. The molecule has 1 aliphatic heterocycles. The number of carbonyl (C=O) groups excluding carboxylic acids is 1. The Labute approximate surface area is 134 Å². The van der Waals surface area contributed by atoms with Gasteiger partial charge < -0.3 is 10.1 Å². The van der Waals surface area contributed by atoms with Gasteiger partial charge in [0.1, 0.15) is 9.53 Å². The first-order valence-electron chi connectivity index (χ1n) is 8.12. The molecule has 0 spiro atoms. The van der Waals surface area contributed by atoms with Crippen LogP contribution in [-0.2, 0) is 9.53 Å². The minimum atomic E-state index is -0.146. The van der Waals surface area contributed by atoms with Crippen molar-refractivity contribution in [3.63, 3.8) is 0 Å². The van der Waals surface area contributed by atoms with Crippen molar-refractivity contribution in [2.24, 2.45) is 29.6 Å². The Bertz CT molecular complexity index is 432. The van der Waals surface area contributed by atoms with Gasteiger partial charge in [0.05, 0.1) is 0 Å². The number of nitrogens with one attached hydrogen (secondary N) is 1. The fourth-order valence-electron chi connectivity index (χ4n) is 5.63. The molecular weight excluding hydrogens is 365 g/mol. The topological polar surface area (TPSA) is 48.2 Å². The zero-order valence-corrected chi connectivity index (χ0v) is 14.4. The Balaban J connectivity index is 1.60. The molecule has 0 aromatic carbocycles. The predicted octanol–water partition coefficient (Wildman–Crippen LogP) is 2.77. The van der Waals surface area contributed by atoms with E-state index in [2.05, 4.69) is 41.8 Å². The van der Waals surface area contributed by atoms with E-state index in [1.165, 1.54) is 25.7 Å².